The highest BCUT2D eigenvalue weighted by Crippen LogP contribution is 2.31. The van der Waals surface area contributed by atoms with Gasteiger partial charge in [0.05, 0.1) is 6.04 Å². The fourth-order valence-electron chi connectivity index (χ4n) is 2.56. The predicted molar refractivity (Wildman–Crippen MR) is 65.4 cm³/mol. The van der Waals surface area contributed by atoms with Crippen molar-refractivity contribution in [2.24, 2.45) is 0 Å². The minimum atomic E-state index is 0.412. The van der Waals surface area contributed by atoms with Crippen molar-refractivity contribution in [3.63, 3.8) is 0 Å². The van der Waals surface area contributed by atoms with Crippen molar-refractivity contribution < 1.29 is 4.74 Å². The first-order chi connectivity index (χ1) is 8.25. The van der Waals surface area contributed by atoms with Crippen molar-refractivity contribution in [3.05, 3.63) is 12.4 Å². The third-order valence-electron chi connectivity index (χ3n) is 3.58. The van der Waals surface area contributed by atoms with Crippen LogP contribution in [0, 0.1) is 0 Å². The van der Waals surface area contributed by atoms with Crippen molar-refractivity contribution >= 4 is 5.82 Å². The molecule has 0 N–H and O–H groups in total. The molecule has 5 nitrogen and oxygen atoms in total. The molecule has 1 saturated heterocycles. The van der Waals surface area contributed by atoms with Crippen LogP contribution in [-0.2, 0) is 0 Å². The molecule has 0 saturated carbocycles. The predicted octanol–water partition coefficient (Wildman–Crippen LogP) is 0.768. The molecule has 1 aromatic heterocycles. The lowest BCUT2D eigenvalue weighted by Crippen LogP contribution is -2.58. The largest absolute Gasteiger partial charge is 0.473 e. The molecule has 2 aliphatic rings. The Hall–Kier alpha value is -1.36. The van der Waals surface area contributed by atoms with Crippen molar-refractivity contribution in [3.8, 4) is 5.88 Å². The Morgan fingerprint density at radius 1 is 1.29 bits per heavy atom. The first-order valence-electron chi connectivity index (χ1n) is 6.20. The number of hydrogen-bond donors (Lipinski definition) is 0. The highest BCUT2D eigenvalue weighted by molar-refractivity contribution is 5.51. The molecule has 0 aliphatic carbocycles. The monoisotopic (exact) mass is 234 g/mol. The minimum Gasteiger partial charge on any atom is -0.473 e. The third-order valence-corrected chi connectivity index (χ3v) is 3.58. The Morgan fingerprint density at radius 3 is 2.94 bits per heavy atom. The van der Waals surface area contributed by atoms with Crippen molar-refractivity contribution in [2.45, 2.75) is 25.9 Å². The Balaban J connectivity index is 1.83. The molecule has 92 valence electrons. The van der Waals surface area contributed by atoms with Gasteiger partial charge in [-0.15, -0.1) is 0 Å². The third kappa shape index (κ3) is 1.84. The Kier molecular flexibility index (Phi) is 2.63. The zero-order valence-electron chi connectivity index (χ0n) is 10.3. The second-order valence-electron chi connectivity index (χ2n) is 4.93. The van der Waals surface area contributed by atoms with Gasteiger partial charge in [0.1, 0.15) is 6.61 Å². The van der Waals surface area contributed by atoms with Gasteiger partial charge in [-0.05, 0) is 13.8 Å². The summed E-state index contributed by atoms with van der Waals surface area (Å²) in [4.78, 5) is 13.4. The minimum absolute atomic E-state index is 0.412. The van der Waals surface area contributed by atoms with E-state index in [0.29, 0.717) is 18.0 Å². The van der Waals surface area contributed by atoms with E-state index in [-0.39, 0.29) is 0 Å². The zero-order valence-corrected chi connectivity index (χ0v) is 10.3. The average Bonchev–Trinajstić information content (AvgIpc) is 2.38. The van der Waals surface area contributed by atoms with Crippen LogP contribution >= 0.6 is 0 Å². The maximum Gasteiger partial charge on any atom is 0.257 e. The number of aromatic nitrogens is 2. The van der Waals surface area contributed by atoms with Crippen LogP contribution in [0.4, 0.5) is 5.82 Å². The van der Waals surface area contributed by atoms with Crippen molar-refractivity contribution in [1.82, 2.24) is 14.9 Å². The van der Waals surface area contributed by atoms with E-state index < -0.39 is 0 Å². The van der Waals surface area contributed by atoms with Gasteiger partial charge >= 0.3 is 0 Å². The van der Waals surface area contributed by atoms with Crippen LogP contribution in [0.25, 0.3) is 0 Å². The highest BCUT2D eigenvalue weighted by atomic mass is 16.5. The van der Waals surface area contributed by atoms with E-state index in [1.54, 1.807) is 12.4 Å². The van der Waals surface area contributed by atoms with E-state index in [0.717, 1.165) is 32.1 Å². The number of anilines is 1. The summed E-state index contributed by atoms with van der Waals surface area (Å²) in [6.07, 6.45) is 3.42. The van der Waals surface area contributed by atoms with Crippen LogP contribution in [-0.4, -0.2) is 53.2 Å². The molecule has 5 heteroatoms. The van der Waals surface area contributed by atoms with E-state index in [1.165, 1.54) is 0 Å². The number of hydrogen-bond acceptors (Lipinski definition) is 5. The summed E-state index contributed by atoms with van der Waals surface area (Å²) >= 11 is 0. The lowest BCUT2D eigenvalue weighted by atomic mass is 10.1. The summed E-state index contributed by atoms with van der Waals surface area (Å²) < 4.78 is 5.68. The fourth-order valence-corrected chi connectivity index (χ4v) is 2.56. The van der Waals surface area contributed by atoms with E-state index in [2.05, 4.69) is 33.6 Å². The highest BCUT2D eigenvalue weighted by Gasteiger charge is 2.34. The van der Waals surface area contributed by atoms with Gasteiger partial charge in [0, 0.05) is 38.1 Å². The summed E-state index contributed by atoms with van der Waals surface area (Å²) in [7, 11) is 0. The van der Waals surface area contributed by atoms with Crippen LogP contribution in [0.2, 0.25) is 0 Å². The maximum absolute atomic E-state index is 5.68. The Labute approximate surface area is 101 Å². The molecule has 0 aromatic carbocycles. The molecule has 1 fully saturated rings. The molecule has 2 aliphatic heterocycles. The van der Waals surface area contributed by atoms with E-state index in [1.807, 2.05) is 0 Å². The smallest absolute Gasteiger partial charge is 0.257 e. The molecule has 0 radical (unpaired) electrons. The molecule has 0 amide bonds. The lowest BCUT2D eigenvalue weighted by Gasteiger charge is -2.45. The van der Waals surface area contributed by atoms with Gasteiger partial charge < -0.3 is 9.64 Å². The SMILES string of the molecule is CC(C)N1CCN2c3nccnc3OC[C@H]2C1. The second kappa shape index (κ2) is 4.14. The number of rotatable bonds is 1. The quantitative estimate of drug-likeness (QED) is 0.718. The first kappa shape index (κ1) is 10.8. The Bertz CT molecular complexity index is 409. The average molecular weight is 234 g/mol. The normalized spacial score (nSPS) is 24.2. The molecular weight excluding hydrogens is 216 g/mol. The number of piperazine rings is 1. The molecule has 3 heterocycles. The maximum atomic E-state index is 5.68. The molecule has 0 bridgehead atoms. The van der Waals surface area contributed by atoms with E-state index in [9.17, 15) is 0 Å². The van der Waals surface area contributed by atoms with E-state index in [4.69, 9.17) is 4.74 Å². The van der Waals surface area contributed by atoms with Gasteiger partial charge in [-0.25, -0.2) is 9.97 Å². The van der Waals surface area contributed by atoms with E-state index >= 15 is 0 Å². The molecule has 1 aromatic rings. The van der Waals surface area contributed by atoms with Crippen molar-refractivity contribution in [2.75, 3.05) is 31.1 Å². The topological polar surface area (TPSA) is 41.5 Å². The van der Waals surface area contributed by atoms with Crippen LogP contribution in [0.5, 0.6) is 5.88 Å². The molecule has 0 unspecified atom stereocenters. The summed E-state index contributed by atoms with van der Waals surface area (Å²) in [5, 5.41) is 0. The summed E-state index contributed by atoms with van der Waals surface area (Å²) in [6, 6.07) is 1.01. The second-order valence-corrected chi connectivity index (χ2v) is 4.93. The standard InChI is InChI=1S/C12H18N4O/c1-9(2)15-5-6-16-10(7-15)8-17-12-11(16)13-3-4-14-12/h3-4,9-10H,5-8H2,1-2H3/t10-/m1/s1. The van der Waals surface area contributed by atoms with Gasteiger partial charge in [0.15, 0.2) is 5.82 Å². The first-order valence-corrected chi connectivity index (χ1v) is 6.20. The van der Waals surface area contributed by atoms with Crippen molar-refractivity contribution in [1.29, 1.82) is 0 Å². The molecule has 3 rings (SSSR count). The van der Waals surface area contributed by atoms with Gasteiger partial charge in [-0.2, -0.15) is 0 Å². The van der Waals surface area contributed by atoms with Crippen LogP contribution in [0.15, 0.2) is 12.4 Å². The Morgan fingerprint density at radius 2 is 2.12 bits per heavy atom. The van der Waals surface area contributed by atoms with Crippen LogP contribution in [0.1, 0.15) is 13.8 Å². The fraction of sp³-hybridized carbons (Fsp3) is 0.667. The van der Waals surface area contributed by atoms with Gasteiger partial charge in [-0.1, -0.05) is 0 Å². The van der Waals surface area contributed by atoms with Gasteiger partial charge in [-0.3, -0.25) is 4.90 Å². The summed E-state index contributed by atoms with van der Waals surface area (Å²) in [5.41, 5.74) is 0. The number of fused-ring (bicyclic) bond motifs is 3. The van der Waals surface area contributed by atoms with Crippen LogP contribution in [0.3, 0.4) is 0 Å². The zero-order chi connectivity index (χ0) is 11.8. The van der Waals surface area contributed by atoms with Crippen LogP contribution < -0.4 is 9.64 Å². The van der Waals surface area contributed by atoms with Gasteiger partial charge in [0.25, 0.3) is 5.88 Å². The van der Waals surface area contributed by atoms with Gasteiger partial charge in [0.2, 0.25) is 0 Å². The summed E-state index contributed by atoms with van der Waals surface area (Å²) in [6.45, 7) is 8.35. The number of nitrogens with zero attached hydrogens (tertiary/aromatic N) is 4. The summed E-state index contributed by atoms with van der Waals surface area (Å²) in [5.74, 6) is 1.59. The molecule has 0 spiro atoms. The number of ether oxygens (including phenoxy) is 1. The molecule has 17 heavy (non-hydrogen) atoms. The molecule has 1 atom stereocenters. The molecular formula is C12H18N4O. The lowest BCUT2D eigenvalue weighted by molar-refractivity contribution is 0.138.